The molecule has 1 atom stereocenters. The molecule has 1 unspecified atom stereocenters. The van der Waals surface area contributed by atoms with Crippen molar-refractivity contribution in [1.29, 1.82) is 0 Å². The molecule has 0 radical (unpaired) electrons. The van der Waals surface area contributed by atoms with Crippen molar-refractivity contribution in [2.45, 2.75) is 27.2 Å². The van der Waals surface area contributed by atoms with Gasteiger partial charge in [0.2, 0.25) is 0 Å². The minimum Gasteiger partial charge on any atom is -0.477 e. The Morgan fingerprint density at radius 2 is 2.00 bits per heavy atom. The monoisotopic (exact) mass is 416 g/mol. The van der Waals surface area contributed by atoms with Gasteiger partial charge in [-0.3, -0.25) is 4.40 Å². The highest BCUT2D eigenvalue weighted by atomic mass is 32.1. The molecule has 3 aromatic heterocycles. The number of hydrogen-bond donors (Lipinski definition) is 1. The number of fused-ring (bicyclic) bond motifs is 1. The summed E-state index contributed by atoms with van der Waals surface area (Å²) in [5.74, 6) is -0.508. The number of rotatable bonds is 6. The topological polar surface area (TPSA) is 54.6 Å². The fourth-order valence-electron chi connectivity index (χ4n) is 3.60. The third kappa shape index (κ3) is 3.81. The lowest BCUT2D eigenvalue weighted by Gasteiger charge is -2.15. The van der Waals surface area contributed by atoms with Crippen LogP contribution in [0.1, 0.15) is 45.9 Å². The first-order chi connectivity index (χ1) is 14.5. The quantitative estimate of drug-likeness (QED) is 0.382. The van der Waals surface area contributed by atoms with Crippen molar-refractivity contribution in [1.82, 2.24) is 9.38 Å². The van der Waals surface area contributed by atoms with Gasteiger partial charge in [0, 0.05) is 16.6 Å². The molecule has 1 N–H and O–H groups in total. The fraction of sp³-hybridized carbons (Fsp3) is 0.200. The van der Waals surface area contributed by atoms with Gasteiger partial charge >= 0.3 is 5.97 Å². The molecule has 30 heavy (non-hydrogen) atoms. The summed E-state index contributed by atoms with van der Waals surface area (Å²) in [5, 5.41) is 9.31. The van der Waals surface area contributed by atoms with Crippen LogP contribution in [0.4, 0.5) is 0 Å². The first-order valence-corrected chi connectivity index (χ1v) is 10.9. The van der Waals surface area contributed by atoms with Crippen LogP contribution in [0.3, 0.4) is 0 Å². The van der Waals surface area contributed by atoms with Crippen LogP contribution < -0.4 is 0 Å². The molecule has 4 nitrogen and oxygen atoms in total. The Bertz CT molecular complexity index is 1230. The summed E-state index contributed by atoms with van der Waals surface area (Å²) in [6, 6.07) is 16.3. The molecule has 0 fully saturated rings. The van der Waals surface area contributed by atoms with E-state index in [-0.39, 0.29) is 0 Å². The zero-order valence-corrected chi connectivity index (χ0v) is 18.1. The van der Waals surface area contributed by atoms with Gasteiger partial charge in [0.1, 0.15) is 10.5 Å². The molecular weight excluding hydrogens is 392 g/mol. The molecule has 0 aliphatic heterocycles. The molecule has 0 aliphatic rings. The Balaban J connectivity index is 1.73. The van der Waals surface area contributed by atoms with Crippen LogP contribution in [0.5, 0.6) is 0 Å². The highest BCUT2D eigenvalue weighted by molar-refractivity contribution is 7.15. The molecule has 5 heteroatoms. The molecule has 4 aromatic rings. The van der Waals surface area contributed by atoms with E-state index in [1.54, 1.807) is 6.07 Å². The zero-order valence-electron chi connectivity index (χ0n) is 17.3. The number of aromatic carboxylic acids is 1. The predicted molar refractivity (Wildman–Crippen MR) is 124 cm³/mol. The lowest BCUT2D eigenvalue weighted by molar-refractivity contribution is 0.0702. The molecule has 0 aliphatic carbocycles. The maximum Gasteiger partial charge on any atom is 0.345 e. The molecule has 0 bridgehead atoms. The number of carbonyl (C=O) groups is 1. The van der Waals surface area contributed by atoms with E-state index in [9.17, 15) is 9.90 Å². The lowest BCUT2D eigenvalue weighted by atomic mass is 9.90. The second-order valence-electron chi connectivity index (χ2n) is 7.52. The lowest BCUT2D eigenvalue weighted by Crippen LogP contribution is -1.97. The number of aromatic nitrogens is 2. The molecule has 4 rings (SSSR count). The first kappa shape index (κ1) is 20.1. The SMILES string of the molecule is CCC(C)/C(=C\c1sc(C(=O)O)cc1C)c1ccc(-c2cnc3ccccn23)cc1. The number of hydrogen-bond acceptors (Lipinski definition) is 3. The van der Waals surface area contributed by atoms with E-state index in [1.165, 1.54) is 16.9 Å². The fourth-order valence-corrected chi connectivity index (χ4v) is 4.56. The van der Waals surface area contributed by atoms with E-state index in [4.69, 9.17) is 0 Å². The van der Waals surface area contributed by atoms with E-state index in [1.807, 2.05) is 37.5 Å². The molecule has 0 spiro atoms. The second-order valence-corrected chi connectivity index (χ2v) is 8.61. The van der Waals surface area contributed by atoms with Crippen LogP contribution in [0.25, 0.3) is 28.6 Å². The molecule has 0 saturated heterocycles. The summed E-state index contributed by atoms with van der Waals surface area (Å²) in [6.45, 7) is 6.36. The van der Waals surface area contributed by atoms with E-state index in [0.29, 0.717) is 10.8 Å². The Morgan fingerprint density at radius 1 is 1.23 bits per heavy atom. The molecule has 152 valence electrons. The van der Waals surface area contributed by atoms with Crippen LogP contribution in [0.15, 0.2) is 60.9 Å². The van der Waals surface area contributed by atoms with Crippen molar-refractivity contribution < 1.29 is 9.90 Å². The minimum absolute atomic E-state index is 0.362. The summed E-state index contributed by atoms with van der Waals surface area (Å²) in [7, 11) is 0. The molecule has 1 aromatic carbocycles. The number of benzene rings is 1. The number of carboxylic acid groups (broad SMARTS) is 1. The molecule has 3 heterocycles. The van der Waals surface area contributed by atoms with Gasteiger partial charge < -0.3 is 5.11 Å². The van der Waals surface area contributed by atoms with Gasteiger partial charge in [-0.05, 0) is 60.2 Å². The average Bonchev–Trinajstić information content (AvgIpc) is 3.35. The first-order valence-electron chi connectivity index (χ1n) is 10.1. The van der Waals surface area contributed by atoms with E-state index in [2.05, 4.69) is 53.6 Å². The Hall–Kier alpha value is -3.18. The summed E-state index contributed by atoms with van der Waals surface area (Å²) in [6.07, 6.45) is 7.09. The van der Waals surface area contributed by atoms with Crippen LogP contribution >= 0.6 is 11.3 Å². The van der Waals surface area contributed by atoms with E-state index < -0.39 is 5.97 Å². The zero-order chi connectivity index (χ0) is 21.3. The summed E-state index contributed by atoms with van der Waals surface area (Å²) in [4.78, 5) is 17.2. The number of carboxylic acids is 1. The number of aryl methyl sites for hydroxylation is 1. The Morgan fingerprint density at radius 3 is 2.67 bits per heavy atom. The van der Waals surface area contributed by atoms with Gasteiger partial charge in [0.05, 0.1) is 11.9 Å². The second kappa shape index (κ2) is 8.28. The summed E-state index contributed by atoms with van der Waals surface area (Å²) in [5.41, 5.74) is 6.49. The number of imidazole rings is 1. The number of thiophene rings is 1. The molecule has 0 amide bonds. The maximum absolute atomic E-state index is 11.3. The standard InChI is InChI=1S/C25H24N2O2S/c1-4-16(2)20(14-22-17(3)13-23(30-22)25(28)29)18-8-10-19(11-9-18)21-15-26-24-7-5-6-12-27(21)24/h5-16H,4H2,1-3H3,(H,28,29)/b20-14+. The van der Waals surface area contributed by atoms with Crippen molar-refractivity contribution in [2.24, 2.45) is 5.92 Å². The number of pyridine rings is 1. The van der Waals surface area contributed by atoms with Gasteiger partial charge in [-0.15, -0.1) is 11.3 Å². The van der Waals surface area contributed by atoms with Crippen molar-refractivity contribution in [3.8, 4) is 11.3 Å². The van der Waals surface area contributed by atoms with Crippen molar-refractivity contribution in [3.63, 3.8) is 0 Å². The van der Waals surface area contributed by atoms with Gasteiger partial charge in [-0.2, -0.15) is 0 Å². The van der Waals surface area contributed by atoms with Gasteiger partial charge in [-0.1, -0.05) is 44.2 Å². The third-order valence-corrected chi connectivity index (χ3v) is 6.70. The smallest absolute Gasteiger partial charge is 0.345 e. The number of nitrogens with zero attached hydrogens (tertiary/aromatic N) is 2. The molecule has 0 saturated carbocycles. The maximum atomic E-state index is 11.3. The van der Waals surface area contributed by atoms with Crippen molar-refractivity contribution in [3.05, 3.63) is 81.8 Å². The highest BCUT2D eigenvalue weighted by Crippen LogP contribution is 2.33. The van der Waals surface area contributed by atoms with Gasteiger partial charge in [0.15, 0.2) is 0 Å². The van der Waals surface area contributed by atoms with E-state index in [0.717, 1.165) is 39.3 Å². The van der Waals surface area contributed by atoms with Crippen molar-refractivity contribution in [2.75, 3.05) is 0 Å². The summed E-state index contributed by atoms with van der Waals surface area (Å²) >= 11 is 1.33. The third-order valence-electron chi connectivity index (χ3n) is 5.53. The average molecular weight is 417 g/mol. The van der Waals surface area contributed by atoms with Crippen LogP contribution in [-0.4, -0.2) is 20.5 Å². The van der Waals surface area contributed by atoms with E-state index >= 15 is 0 Å². The van der Waals surface area contributed by atoms with Crippen LogP contribution in [0.2, 0.25) is 0 Å². The van der Waals surface area contributed by atoms with Gasteiger partial charge in [0.25, 0.3) is 0 Å². The van der Waals surface area contributed by atoms with Crippen molar-refractivity contribution >= 4 is 34.6 Å². The van der Waals surface area contributed by atoms with Gasteiger partial charge in [-0.25, -0.2) is 9.78 Å². The molecular formula is C25H24N2O2S. The normalized spacial score (nSPS) is 13.0. The van der Waals surface area contributed by atoms with Crippen LogP contribution in [-0.2, 0) is 0 Å². The predicted octanol–water partition coefficient (Wildman–Crippen LogP) is 6.66. The minimum atomic E-state index is -0.870. The Kier molecular flexibility index (Phi) is 5.55. The largest absolute Gasteiger partial charge is 0.477 e. The highest BCUT2D eigenvalue weighted by Gasteiger charge is 2.15. The number of allylic oxidation sites excluding steroid dienone is 1. The summed E-state index contributed by atoms with van der Waals surface area (Å²) < 4.78 is 2.09. The Labute approximate surface area is 180 Å². The van der Waals surface area contributed by atoms with Crippen LogP contribution in [0, 0.1) is 12.8 Å².